The van der Waals surface area contributed by atoms with Gasteiger partial charge in [0, 0.05) is 6.42 Å². The van der Waals surface area contributed by atoms with Crippen LogP contribution < -0.4 is 9.47 Å². The maximum atomic E-state index is 12.0. The first kappa shape index (κ1) is 13.6. The Labute approximate surface area is 103 Å². The minimum absolute atomic E-state index is 0.109. The van der Waals surface area contributed by atoms with E-state index in [9.17, 15) is 4.79 Å². The van der Waals surface area contributed by atoms with Crippen LogP contribution in [0.5, 0.6) is 11.5 Å². The zero-order valence-corrected chi connectivity index (χ0v) is 10.8. The molecule has 0 radical (unpaired) electrons. The fourth-order valence-corrected chi connectivity index (χ4v) is 1.63. The lowest BCUT2D eigenvalue weighted by Gasteiger charge is -2.11. The summed E-state index contributed by atoms with van der Waals surface area (Å²) in [5, 5.41) is 0. The summed E-state index contributed by atoms with van der Waals surface area (Å²) in [6.45, 7) is 6.97. The number of benzene rings is 1. The number of ether oxygens (including phenoxy) is 2. The summed E-state index contributed by atoms with van der Waals surface area (Å²) in [5.74, 6) is 1.47. The molecule has 0 saturated heterocycles. The van der Waals surface area contributed by atoms with E-state index in [0.717, 1.165) is 12.2 Å². The van der Waals surface area contributed by atoms with Crippen molar-refractivity contribution in [2.45, 2.75) is 33.6 Å². The number of rotatable bonds is 7. The second kappa shape index (κ2) is 6.94. The fourth-order valence-electron chi connectivity index (χ4n) is 1.63. The lowest BCUT2D eigenvalue weighted by atomic mass is 10.1. The molecule has 0 spiro atoms. The lowest BCUT2D eigenvalue weighted by molar-refractivity contribution is 0.0977. The minimum Gasteiger partial charge on any atom is -0.494 e. The average Bonchev–Trinajstić information content (AvgIpc) is 2.32. The summed E-state index contributed by atoms with van der Waals surface area (Å²) in [7, 11) is 0. The minimum atomic E-state index is 0.109. The van der Waals surface area contributed by atoms with Gasteiger partial charge in [-0.3, -0.25) is 4.79 Å². The second-order valence-electron chi connectivity index (χ2n) is 3.70. The molecule has 1 aromatic rings. The van der Waals surface area contributed by atoms with Crippen molar-refractivity contribution >= 4 is 5.78 Å². The molecule has 0 unspecified atom stereocenters. The van der Waals surface area contributed by atoms with Crippen LogP contribution in [0.1, 0.15) is 44.0 Å². The Morgan fingerprint density at radius 1 is 1.12 bits per heavy atom. The first-order chi connectivity index (χ1) is 8.22. The Kier molecular flexibility index (Phi) is 5.53. The number of carbonyl (C=O) groups is 1. The van der Waals surface area contributed by atoms with Crippen LogP contribution in [0.4, 0.5) is 0 Å². The molecule has 0 aromatic heterocycles. The van der Waals surface area contributed by atoms with Gasteiger partial charge in [-0.15, -0.1) is 0 Å². The Morgan fingerprint density at radius 3 is 2.41 bits per heavy atom. The average molecular weight is 236 g/mol. The van der Waals surface area contributed by atoms with E-state index < -0.39 is 0 Å². The summed E-state index contributed by atoms with van der Waals surface area (Å²) in [5.41, 5.74) is 0.625. The summed E-state index contributed by atoms with van der Waals surface area (Å²) in [6, 6.07) is 5.40. The van der Waals surface area contributed by atoms with Crippen molar-refractivity contribution in [3.63, 3.8) is 0 Å². The number of hydrogen-bond acceptors (Lipinski definition) is 3. The highest BCUT2D eigenvalue weighted by molar-refractivity contribution is 5.99. The SMILES string of the molecule is CCCC(=O)c1cc(OCC)ccc1OCC. The third kappa shape index (κ3) is 3.77. The van der Waals surface area contributed by atoms with E-state index >= 15 is 0 Å². The summed E-state index contributed by atoms with van der Waals surface area (Å²) in [4.78, 5) is 12.0. The first-order valence-electron chi connectivity index (χ1n) is 6.15. The molecule has 0 heterocycles. The van der Waals surface area contributed by atoms with Gasteiger partial charge in [0.1, 0.15) is 11.5 Å². The first-order valence-corrected chi connectivity index (χ1v) is 6.15. The van der Waals surface area contributed by atoms with Gasteiger partial charge in [-0.25, -0.2) is 0 Å². The van der Waals surface area contributed by atoms with E-state index in [0.29, 0.717) is 30.9 Å². The van der Waals surface area contributed by atoms with Crippen LogP contribution in [0.3, 0.4) is 0 Å². The van der Waals surface area contributed by atoms with Crippen LogP contribution in [-0.2, 0) is 0 Å². The third-order valence-electron chi connectivity index (χ3n) is 2.34. The fraction of sp³-hybridized carbons (Fsp3) is 0.500. The topological polar surface area (TPSA) is 35.5 Å². The van der Waals surface area contributed by atoms with Crippen LogP contribution in [0.25, 0.3) is 0 Å². The van der Waals surface area contributed by atoms with Crippen LogP contribution in [0.15, 0.2) is 18.2 Å². The molecule has 0 saturated carbocycles. The predicted molar refractivity (Wildman–Crippen MR) is 68.0 cm³/mol. The summed E-state index contributed by atoms with van der Waals surface area (Å²) in [6.07, 6.45) is 1.37. The summed E-state index contributed by atoms with van der Waals surface area (Å²) >= 11 is 0. The van der Waals surface area contributed by atoms with E-state index in [2.05, 4.69) is 0 Å². The van der Waals surface area contributed by atoms with E-state index in [-0.39, 0.29) is 5.78 Å². The van der Waals surface area contributed by atoms with Crippen molar-refractivity contribution in [1.29, 1.82) is 0 Å². The number of carbonyl (C=O) groups excluding carboxylic acids is 1. The van der Waals surface area contributed by atoms with Crippen molar-refractivity contribution in [2.24, 2.45) is 0 Å². The number of Topliss-reactive ketones (excluding diaryl/α,β-unsaturated/α-hetero) is 1. The van der Waals surface area contributed by atoms with E-state index in [1.165, 1.54) is 0 Å². The van der Waals surface area contributed by atoms with E-state index in [1.807, 2.05) is 26.8 Å². The molecule has 0 fully saturated rings. The predicted octanol–water partition coefficient (Wildman–Crippen LogP) is 3.47. The van der Waals surface area contributed by atoms with E-state index in [4.69, 9.17) is 9.47 Å². The molecule has 17 heavy (non-hydrogen) atoms. The molecule has 3 nitrogen and oxygen atoms in total. The molecule has 1 aromatic carbocycles. The quantitative estimate of drug-likeness (QED) is 0.680. The van der Waals surface area contributed by atoms with Gasteiger partial charge in [0.2, 0.25) is 0 Å². The molecule has 0 bridgehead atoms. The van der Waals surface area contributed by atoms with Gasteiger partial charge >= 0.3 is 0 Å². The Hall–Kier alpha value is -1.51. The molecule has 0 aliphatic carbocycles. The highest BCUT2D eigenvalue weighted by Crippen LogP contribution is 2.26. The Bertz CT molecular complexity index is 372. The summed E-state index contributed by atoms with van der Waals surface area (Å²) < 4.78 is 10.9. The number of hydrogen-bond donors (Lipinski definition) is 0. The van der Waals surface area contributed by atoms with Crippen LogP contribution in [0.2, 0.25) is 0 Å². The van der Waals surface area contributed by atoms with Gasteiger partial charge in [0.25, 0.3) is 0 Å². The van der Waals surface area contributed by atoms with Gasteiger partial charge in [-0.2, -0.15) is 0 Å². The molecule has 3 heteroatoms. The zero-order valence-electron chi connectivity index (χ0n) is 10.8. The van der Waals surface area contributed by atoms with Gasteiger partial charge in [0.05, 0.1) is 18.8 Å². The van der Waals surface area contributed by atoms with Crippen LogP contribution in [-0.4, -0.2) is 19.0 Å². The highest BCUT2D eigenvalue weighted by atomic mass is 16.5. The third-order valence-corrected chi connectivity index (χ3v) is 2.34. The van der Waals surface area contributed by atoms with Gasteiger partial charge in [-0.05, 0) is 38.5 Å². The second-order valence-corrected chi connectivity index (χ2v) is 3.70. The van der Waals surface area contributed by atoms with Crippen molar-refractivity contribution in [2.75, 3.05) is 13.2 Å². The molecular formula is C14H20O3. The molecule has 0 amide bonds. The molecular weight excluding hydrogens is 216 g/mol. The van der Waals surface area contributed by atoms with Gasteiger partial charge in [-0.1, -0.05) is 6.92 Å². The van der Waals surface area contributed by atoms with Crippen molar-refractivity contribution in [3.8, 4) is 11.5 Å². The molecule has 0 aliphatic heterocycles. The molecule has 0 atom stereocenters. The molecule has 0 N–H and O–H groups in total. The zero-order chi connectivity index (χ0) is 12.7. The van der Waals surface area contributed by atoms with Crippen molar-refractivity contribution in [3.05, 3.63) is 23.8 Å². The van der Waals surface area contributed by atoms with Gasteiger partial charge in [0.15, 0.2) is 5.78 Å². The van der Waals surface area contributed by atoms with Crippen LogP contribution in [0, 0.1) is 0 Å². The number of ketones is 1. The molecule has 94 valence electrons. The highest BCUT2D eigenvalue weighted by Gasteiger charge is 2.13. The maximum absolute atomic E-state index is 12.0. The van der Waals surface area contributed by atoms with Crippen molar-refractivity contribution in [1.82, 2.24) is 0 Å². The normalized spacial score (nSPS) is 10.1. The van der Waals surface area contributed by atoms with Crippen molar-refractivity contribution < 1.29 is 14.3 Å². The Morgan fingerprint density at radius 2 is 1.82 bits per heavy atom. The largest absolute Gasteiger partial charge is 0.494 e. The standard InChI is InChI=1S/C14H20O3/c1-4-7-13(15)12-10-11(16-5-2)8-9-14(12)17-6-3/h8-10H,4-7H2,1-3H3. The maximum Gasteiger partial charge on any atom is 0.166 e. The monoisotopic (exact) mass is 236 g/mol. The molecule has 0 aliphatic rings. The molecule has 1 rings (SSSR count). The van der Waals surface area contributed by atoms with Crippen LogP contribution >= 0.6 is 0 Å². The lowest BCUT2D eigenvalue weighted by Crippen LogP contribution is -2.04. The van der Waals surface area contributed by atoms with Gasteiger partial charge < -0.3 is 9.47 Å². The Balaban J connectivity index is 3.01. The van der Waals surface area contributed by atoms with E-state index in [1.54, 1.807) is 12.1 Å². The smallest absolute Gasteiger partial charge is 0.166 e.